The lowest BCUT2D eigenvalue weighted by Crippen LogP contribution is -2.58. The maximum atomic E-state index is 13.2. The fourth-order valence-corrected chi connectivity index (χ4v) is 5.03. The summed E-state index contributed by atoms with van der Waals surface area (Å²) in [6, 6.07) is 5.30. The van der Waals surface area contributed by atoms with Gasteiger partial charge in [-0.3, -0.25) is 9.13 Å². The highest BCUT2D eigenvalue weighted by molar-refractivity contribution is 6.31. The van der Waals surface area contributed by atoms with Crippen LogP contribution in [0.1, 0.15) is 39.7 Å². The third-order valence-electron chi connectivity index (χ3n) is 6.71. The Balaban J connectivity index is 1.39. The van der Waals surface area contributed by atoms with Crippen LogP contribution in [0.25, 0.3) is 28.1 Å². The molecule has 3 aromatic heterocycles. The van der Waals surface area contributed by atoms with E-state index in [1.807, 2.05) is 26.8 Å². The summed E-state index contributed by atoms with van der Waals surface area (Å²) in [5.41, 5.74) is 1.70. The number of aromatic amines is 1. The molecule has 2 aliphatic heterocycles. The highest BCUT2D eigenvalue weighted by Gasteiger charge is 2.35. The van der Waals surface area contributed by atoms with Crippen molar-refractivity contribution in [2.24, 2.45) is 0 Å². The van der Waals surface area contributed by atoms with Gasteiger partial charge in [0.15, 0.2) is 11.5 Å². The number of ether oxygens (including phenoxy) is 2. The fraction of sp³-hybridized carbons (Fsp3) is 0.480. The topological polar surface area (TPSA) is 132 Å². The highest BCUT2D eigenvalue weighted by Crippen LogP contribution is 2.29. The number of carbonyl (C=O) groups excluding carboxylic acids is 1. The standard InChI is InChI=1S/C25H29ClN8O4/c1-25(2,3)38-24(36)32-11-15(12-32)28-20-19-21(34(23(35)29-19)16-6-8-37-9-7-16)31-22(30-20)33-13-27-17-5-4-14(26)10-18(17)33/h4-5,10,13,15-16H,6-9,11-12H2,1-3H3,(H,29,35)(H,28,30,31). The smallest absolute Gasteiger partial charge is 0.410 e. The molecule has 1 amide bonds. The number of nitrogens with one attached hydrogen (secondary N) is 2. The maximum Gasteiger partial charge on any atom is 0.410 e. The van der Waals surface area contributed by atoms with Gasteiger partial charge in [0.25, 0.3) is 0 Å². The minimum atomic E-state index is -0.563. The average Bonchev–Trinajstić information content (AvgIpc) is 3.40. The molecule has 4 aromatic rings. The summed E-state index contributed by atoms with van der Waals surface area (Å²) in [4.78, 5) is 44.2. The number of fused-ring (bicyclic) bond motifs is 2. The van der Waals surface area contributed by atoms with Crippen LogP contribution in [0.15, 0.2) is 29.3 Å². The van der Waals surface area contributed by atoms with Gasteiger partial charge in [-0.2, -0.15) is 9.97 Å². The van der Waals surface area contributed by atoms with E-state index in [0.29, 0.717) is 67.1 Å². The summed E-state index contributed by atoms with van der Waals surface area (Å²) >= 11 is 6.27. The molecular formula is C25H29ClN8O4. The number of imidazole rings is 2. The third kappa shape index (κ3) is 4.58. The molecule has 2 aliphatic rings. The van der Waals surface area contributed by atoms with Crippen LogP contribution in [-0.4, -0.2) is 78.0 Å². The van der Waals surface area contributed by atoms with Gasteiger partial charge in [0.2, 0.25) is 5.95 Å². The van der Waals surface area contributed by atoms with Crippen LogP contribution in [-0.2, 0) is 9.47 Å². The Morgan fingerprint density at radius 3 is 2.71 bits per heavy atom. The van der Waals surface area contributed by atoms with Crippen LogP contribution in [0, 0.1) is 0 Å². The second-order valence-electron chi connectivity index (χ2n) is 10.7. The quantitative estimate of drug-likeness (QED) is 0.402. The molecule has 0 spiro atoms. The molecule has 38 heavy (non-hydrogen) atoms. The lowest BCUT2D eigenvalue weighted by Gasteiger charge is -2.40. The van der Waals surface area contributed by atoms with Gasteiger partial charge in [0.1, 0.15) is 17.4 Å². The van der Waals surface area contributed by atoms with E-state index in [4.69, 9.17) is 31.0 Å². The zero-order chi connectivity index (χ0) is 26.6. The molecule has 0 saturated carbocycles. The van der Waals surface area contributed by atoms with Crippen molar-refractivity contribution in [3.05, 3.63) is 40.0 Å². The van der Waals surface area contributed by atoms with Crippen molar-refractivity contribution in [3.8, 4) is 5.95 Å². The van der Waals surface area contributed by atoms with E-state index in [1.54, 1.807) is 32.5 Å². The van der Waals surface area contributed by atoms with Crippen molar-refractivity contribution < 1.29 is 14.3 Å². The summed E-state index contributed by atoms with van der Waals surface area (Å²) in [5.74, 6) is 0.832. The van der Waals surface area contributed by atoms with E-state index in [2.05, 4.69) is 15.3 Å². The van der Waals surface area contributed by atoms with Crippen molar-refractivity contribution in [3.63, 3.8) is 0 Å². The summed E-state index contributed by atoms with van der Waals surface area (Å²) in [7, 11) is 0. The van der Waals surface area contributed by atoms with Gasteiger partial charge >= 0.3 is 11.8 Å². The number of carbonyl (C=O) groups is 1. The first-order valence-corrected chi connectivity index (χ1v) is 13.0. The summed E-state index contributed by atoms with van der Waals surface area (Å²) in [5, 5.41) is 3.97. The number of amides is 1. The van der Waals surface area contributed by atoms with Gasteiger partial charge in [-0.05, 0) is 51.8 Å². The van der Waals surface area contributed by atoms with E-state index in [9.17, 15) is 9.59 Å². The number of benzene rings is 1. The third-order valence-corrected chi connectivity index (χ3v) is 6.95. The molecule has 12 nitrogen and oxygen atoms in total. The number of aromatic nitrogens is 6. The second kappa shape index (κ2) is 9.28. The van der Waals surface area contributed by atoms with Crippen LogP contribution < -0.4 is 11.0 Å². The Labute approximate surface area is 222 Å². The van der Waals surface area contributed by atoms with Gasteiger partial charge < -0.3 is 24.7 Å². The SMILES string of the molecule is CC(C)(C)OC(=O)N1CC(Nc2nc(-n3cnc4ccc(Cl)cc43)nc3c2[nH]c(=O)n3C2CCOCC2)C1. The molecule has 13 heteroatoms. The summed E-state index contributed by atoms with van der Waals surface area (Å²) in [6.45, 7) is 7.58. The number of anilines is 1. The monoisotopic (exact) mass is 540 g/mol. The van der Waals surface area contributed by atoms with Crippen molar-refractivity contribution in [2.45, 2.75) is 51.3 Å². The molecule has 0 aliphatic carbocycles. The molecule has 0 bridgehead atoms. The predicted molar refractivity (Wildman–Crippen MR) is 142 cm³/mol. The zero-order valence-electron chi connectivity index (χ0n) is 21.4. The van der Waals surface area contributed by atoms with Gasteiger partial charge in [0, 0.05) is 37.4 Å². The van der Waals surface area contributed by atoms with Crippen LogP contribution in [0.3, 0.4) is 0 Å². The van der Waals surface area contributed by atoms with E-state index in [0.717, 1.165) is 11.0 Å². The van der Waals surface area contributed by atoms with Crippen molar-refractivity contribution in [2.75, 3.05) is 31.6 Å². The fourth-order valence-electron chi connectivity index (χ4n) is 4.86. The number of hydrogen-bond donors (Lipinski definition) is 2. The highest BCUT2D eigenvalue weighted by atomic mass is 35.5. The Morgan fingerprint density at radius 1 is 1.21 bits per heavy atom. The van der Waals surface area contributed by atoms with Crippen molar-refractivity contribution in [1.82, 2.24) is 34.0 Å². The summed E-state index contributed by atoms with van der Waals surface area (Å²) in [6.07, 6.45) is 2.71. The van der Waals surface area contributed by atoms with Gasteiger partial charge in [0.05, 0.1) is 17.1 Å². The lowest BCUT2D eigenvalue weighted by atomic mass is 10.1. The molecule has 0 unspecified atom stereocenters. The van der Waals surface area contributed by atoms with Crippen molar-refractivity contribution in [1.29, 1.82) is 0 Å². The number of rotatable bonds is 4. The number of hydrogen-bond acceptors (Lipinski definition) is 8. The Morgan fingerprint density at radius 2 is 1.97 bits per heavy atom. The molecular weight excluding hydrogens is 512 g/mol. The minimum Gasteiger partial charge on any atom is -0.444 e. The normalized spacial score (nSPS) is 17.2. The van der Waals surface area contributed by atoms with Crippen molar-refractivity contribution >= 4 is 45.7 Å². The maximum absolute atomic E-state index is 13.2. The Hall–Kier alpha value is -3.64. The largest absolute Gasteiger partial charge is 0.444 e. The molecule has 200 valence electrons. The number of halogens is 1. The first-order chi connectivity index (χ1) is 18.2. The van der Waals surface area contributed by atoms with Crippen LogP contribution in [0.4, 0.5) is 10.6 Å². The first kappa shape index (κ1) is 24.7. The van der Waals surface area contributed by atoms with Gasteiger partial charge in [-0.1, -0.05) is 11.6 Å². The molecule has 2 fully saturated rings. The Kier molecular flexibility index (Phi) is 6.03. The molecule has 6 rings (SSSR count). The first-order valence-electron chi connectivity index (χ1n) is 12.6. The predicted octanol–water partition coefficient (Wildman–Crippen LogP) is 3.49. The average molecular weight is 541 g/mol. The molecule has 1 aromatic carbocycles. The molecule has 2 saturated heterocycles. The minimum absolute atomic E-state index is 0.0408. The lowest BCUT2D eigenvalue weighted by molar-refractivity contribution is 0.0105. The van der Waals surface area contributed by atoms with E-state index >= 15 is 0 Å². The molecule has 2 N–H and O–H groups in total. The number of H-pyrrole nitrogens is 1. The molecule has 0 radical (unpaired) electrons. The molecule has 5 heterocycles. The number of likely N-dealkylation sites (tertiary alicyclic amines) is 1. The van der Waals surface area contributed by atoms with Crippen LogP contribution in [0.5, 0.6) is 0 Å². The van der Waals surface area contributed by atoms with E-state index in [1.165, 1.54) is 0 Å². The summed E-state index contributed by atoms with van der Waals surface area (Å²) < 4.78 is 14.4. The zero-order valence-corrected chi connectivity index (χ0v) is 22.2. The molecule has 0 atom stereocenters. The van der Waals surface area contributed by atoms with Crippen LogP contribution in [0.2, 0.25) is 5.02 Å². The van der Waals surface area contributed by atoms with Gasteiger partial charge in [-0.15, -0.1) is 0 Å². The van der Waals surface area contributed by atoms with Crippen LogP contribution >= 0.6 is 11.6 Å². The number of nitrogens with zero attached hydrogens (tertiary/aromatic N) is 6. The Bertz CT molecular complexity index is 1570. The second-order valence-corrected chi connectivity index (χ2v) is 11.1. The van der Waals surface area contributed by atoms with Gasteiger partial charge in [-0.25, -0.2) is 14.6 Å². The van der Waals surface area contributed by atoms with E-state index in [-0.39, 0.29) is 23.9 Å². The van der Waals surface area contributed by atoms with E-state index < -0.39 is 5.60 Å².